The Labute approximate surface area is 117 Å². The van der Waals surface area contributed by atoms with Gasteiger partial charge in [0.2, 0.25) is 0 Å². The van der Waals surface area contributed by atoms with E-state index in [-0.39, 0.29) is 0 Å². The van der Waals surface area contributed by atoms with Crippen molar-refractivity contribution in [2.75, 3.05) is 38.6 Å². The highest BCUT2D eigenvalue weighted by atomic mass is 15.3. The second-order valence-electron chi connectivity index (χ2n) is 5.77. The van der Waals surface area contributed by atoms with Crippen LogP contribution in [0.4, 0.5) is 5.69 Å². The second kappa shape index (κ2) is 6.40. The Kier molecular flexibility index (Phi) is 4.83. The van der Waals surface area contributed by atoms with Crippen molar-refractivity contribution >= 4 is 5.69 Å². The molecule has 1 aliphatic rings. The van der Waals surface area contributed by atoms with Gasteiger partial charge in [0.05, 0.1) is 0 Å². The Balaban J connectivity index is 2.20. The standard InChI is InChI=1S/C16H27N3/c1-13-7-5-6-8-16(13)19-11-14(2)18(4)12-15(19)9-10-17-3/h5-8,14-15,17H,9-12H2,1-4H3. The Morgan fingerprint density at radius 3 is 2.68 bits per heavy atom. The summed E-state index contributed by atoms with van der Waals surface area (Å²) in [4.78, 5) is 5.09. The van der Waals surface area contributed by atoms with Crippen molar-refractivity contribution < 1.29 is 0 Å². The SMILES string of the molecule is CNCCC1CN(C)C(C)CN1c1ccccc1C. The first-order valence-corrected chi connectivity index (χ1v) is 7.30. The largest absolute Gasteiger partial charge is 0.365 e. The fourth-order valence-corrected chi connectivity index (χ4v) is 2.92. The van der Waals surface area contributed by atoms with Gasteiger partial charge < -0.3 is 10.2 Å². The Bertz CT molecular complexity index is 405. The molecule has 0 bridgehead atoms. The predicted octanol–water partition coefficient (Wildman–Crippen LogP) is 2.11. The summed E-state index contributed by atoms with van der Waals surface area (Å²) < 4.78 is 0. The molecule has 0 radical (unpaired) electrons. The van der Waals surface area contributed by atoms with E-state index in [1.165, 1.54) is 17.7 Å². The maximum Gasteiger partial charge on any atom is 0.0429 e. The van der Waals surface area contributed by atoms with Gasteiger partial charge in [0.1, 0.15) is 0 Å². The van der Waals surface area contributed by atoms with Crippen LogP contribution in [0.25, 0.3) is 0 Å². The number of nitrogens with one attached hydrogen (secondary N) is 1. The zero-order chi connectivity index (χ0) is 13.8. The molecule has 0 aromatic heterocycles. The van der Waals surface area contributed by atoms with Gasteiger partial charge >= 0.3 is 0 Å². The van der Waals surface area contributed by atoms with Gasteiger partial charge in [-0.05, 0) is 52.5 Å². The molecule has 2 rings (SSSR count). The van der Waals surface area contributed by atoms with Crippen LogP contribution in [0.1, 0.15) is 18.9 Å². The fraction of sp³-hybridized carbons (Fsp3) is 0.625. The molecule has 1 aromatic carbocycles. The lowest BCUT2D eigenvalue weighted by atomic mass is 10.0. The Morgan fingerprint density at radius 2 is 2.00 bits per heavy atom. The van der Waals surface area contributed by atoms with Gasteiger partial charge in [0.15, 0.2) is 0 Å². The maximum absolute atomic E-state index is 3.28. The van der Waals surface area contributed by atoms with E-state index < -0.39 is 0 Å². The van der Waals surface area contributed by atoms with Crippen LogP contribution in [0.2, 0.25) is 0 Å². The van der Waals surface area contributed by atoms with Gasteiger partial charge in [0, 0.05) is 30.9 Å². The molecule has 19 heavy (non-hydrogen) atoms. The molecule has 3 heteroatoms. The lowest BCUT2D eigenvalue weighted by molar-refractivity contribution is 0.195. The number of anilines is 1. The molecule has 0 spiro atoms. The molecular weight excluding hydrogens is 234 g/mol. The van der Waals surface area contributed by atoms with Crippen LogP contribution in [-0.2, 0) is 0 Å². The lowest BCUT2D eigenvalue weighted by Gasteiger charge is -2.45. The Hall–Kier alpha value is -1.06. The van der Waals surface area contributed by atoms with E-state index in [2.05, 4.69) is 60.3 Å². The molecule has 2 atom stereocenters. The third-order valence-electron chi connectivity index (χ3n) is 4.31. The minimum absolute atomic E-state index is 0.606. The monoisotopic (exact) mass is 261 g/mol. The van der Waals surface area contributed by atoms with Crippen molar-refractivity contribution in [2.45, 2.75) is 32.4 Å². The molecule has 1 aromatic rings. The van der Waals surface area contributed by atoms with E-state index in [1.54, 1.807) is 0 Å². The molecule has 106 valence electrons. The molecule has 0 saturated carbocycles. The van der Waals surface area contributed by atoms with Gasteiger partial charge in [-0.2, -0.15) is 0 Å². The molecule has 1 heterocycles. The molecule has 0 amide bonds. The van der Waals surface area contributed by atoms with Crippen molar-refractivity contribution in [1.29, 1.82) is 0 Å². The summed E-state index contributed by atoms with van der Waals surface area (Å²) in [6.07, 6.45) is 1.20. The molecule has 1 aliphatic heterocycles. The molecule has 1 fully saturated rings. The third-order valence-corrected chi connectivity index (χ3v) is 4.31. The van der Waals surface area contributed by atoms with Crippen LogP contribution in [0.15, 0.2) is 24.3 Å². The minimum Gasteiger partial charge on any atom is -0.365 e. The van der Waals surface area contributed by atoms with Gasteiger partial charge in [0.25, 0.3) is 0 Å². The topological polar surface area (TPSA) is 18.5 Å². The maximum atomic E-state index is 3.28. The highest BCUT2D eigenvalue weighted by molar-refractivity contribution is 5.54. The number of nitrogens with zero attached hydrogens (tertiary/aromatic N) is 2. The van der Waals surface area contributed by atoms with E-state index >= 15 is 0 Å². The number of benzene rings is 1. The van der Waals surface area contributed by atoms with Crippen LogP contribution >= 0.6 is 0 Å². The van der Waals surface area contributed by atoms with Gasteiger partial charge in [-0.1, -0.05) is 18.2 Å². The quantitative estimate of drug-likeness (QED) is 0.895. The first-order chi connectivity index (χ1) is 9.13. The van der Waals surface area contributed by atoms with Crippen LogP contribution in [0.5, 0.6) is 0 Å². The normalized spacial score (nSPS) is 24.7. The molecule has 1 saturated heterocycles. The molecular formula is C16H27N3. The van der Waals surface area contributed by atoms with E-state index in [0.717, 1.165) is 19.6 Å². The van der Waals surface area contributed by atoms with Crippen LogP contribution in [0.3, 0.4) is 0 Å². The van der Waals surface area contributed by atoms with Crippen LogP contribution in [0, 0.1) is 6.92 Å². The fourth-order valence-electron chi connectivity index (χ4n) is 2.92. The first-order valence-electron chi connectivity index (χ1n) is 7.30. The lowest BCUT2D eigenvalue weighted by Crippen LogP contribution is -2.56. The highest BCUT2D eigenvalue weighted by Crippen LogP contribution is 2.26. The van der Waals surface area contributed by atoms with Gasteiger partial charge in [-0.3, -0.25) is 4.90 Å². The van der Waals surface area contributed by atoms with Crippen LogP contribution < -0.4 is 10.2 Å². The summed E-state index contributed by atoms with van der Waals surface area (Å²) in [5.41, 5.74) is 2.79. The van der Waals surface area contributed by atoms with Crippen molar-refractivity contribution in [1.82, 2.24) is 10.2 Å². The molecule has 2 unspecified atom stereocenters. The zero-order valence-corrected chi connectivity index (χ0v) is 12.7. The summed E-state index contributed by atoms with van der Waals surface area (Å²) in [6, 6.07) is 9.98. The molecule has 0 aliphatic carbocycles. The van der Waals surface area contributed by atoms with Crippen molar-refractivity contribution in [2.24, 2.45) is 0 Å². The van der Waals surface area contributed by atoms with Gasteiger partial charge in [-0.15, -0.1) is 0 Å². The average molecular weight is 261 g/mol. The number of piperazine rings is 1. The summed E-state index contributed by atoms with van der Waals surface area (Å²) in [6.45, 7) is 7.88. The summed E-state index contributed by atoms with van der Waals surface area (Å²) in [5, 5.41) is 3.28. The second-order valence-corrected chi connectivity index (χ2v) is 5.77. The van der Waals surface area contributed by atoms with Crippen molar-refractivity contribution in [3.05, 3.63) is 29.8 Å². The summed E-state index contributed by atoms with van der Waals surface area (Å²) in [7, 11) is 4.28. The van der Waals surface area contributed by atoms with Crippen molar-refractivity contribution in [3.8, 4) is 0 Å². The average Bonchev–Trinajstić information content (AvgIpc) is 2.40. The smallest absolute Gasteiger partial charge is 0.0429 e. The first kappa shape index (κ1) is 14.4. The van der Waals surface area contributed by atoms with Crippen molar-refractivity contribution in [3.63, 3.8) is 0 Å². The predicted molar refractivity (Wildman–Crippen MR) is 82.9 cm³/mol. The van der Waals surface area contributed by atoms with Crippen LogP contribution in [-0.4, -0.2) is 50.7 Å². The van der Waals surface area contributed by atoms with E-state index in [0.29, 0.717) is 12.1 Å². The number of likely N-dealkylation sites (N-methyl/N-ethyl adjacent to an activating group) is 1. The van der Waals surface area contributed by atoms with E-state index in [4.69, 9.17) is 0 Å². The van der Waals surface area contributed by atoms with Gasteiger partial charge in [-0.25, -0.2) is 0 Å². The zero-order valence-electron chi connectivity index (χ0n) is 12.7. The Morgan fingerprint density at radius 1 is 1.26 bits per heavy atom. The number of hydrogen-bond acceptors (Lipinski definition) is 3. The molecule has 1 N–H and O–H groups in total. The van der Waals surface area contributed by atoms with E-state index in [9.17, 15) is 0 Å². The van der Waals surface area contributed by atoms with E-state index in [1.807, 2.05) is 7.05 Å². The third kappa shape index (κ3) is 3.28. The number of aryl methyl sites for hydroxylation is 1. The number of hydrogen-bond donors (Lipinski definition) is 1. The number of rotatable bonds is 4. The summed E-state index contributed by atoms with van der Waals surface area (Å²) in [5.74, 6) is 0. The minimum atomic E-state index is 0.606. The molecule has 3 nitrogen and oxygen atoms in total. The number of para-hydroxylation sites is 1. The highest BCUT2D eigenvalue weighted by Gasteiger charge is 2.29. The summed E-state index contributed by atoms with van der Waals surface area (Å²) >= 11 is 0.